The molecule has 0 radical (unpaired) electrons. The van der Waals surface area contributed by atoms with Crippen molar-refractivity contribution < 1.29 is 12.9 Å². The lowest BCUT2D eigenvalue weighted by molar-refractivity contribution is 0.312. The average molecular weight is 178 g/mol. The summed E-state index contributed by atoms with van der Waals surface area (Å²) >= 11 is 0. The van der Waals surface area contributed by atoms with Crippen molar-refractivity contribution in [3.63, 3.8) is 0 Å². The number of rotatable bonds is 1. The largest absolute Gasteiger partial charge is 0.502 e. The Bertz CT molecular complexity index is 178. The second-order valence-corrected chi connectivity index (χ2v) is 3.25. The van der Waals surface area contributed by atoms with E-state index in [1.54, 1.807) is 0 Å². The van der Waals surface area contributed by atoms with Crippen LogP contribution in [-0.2, 0) is 0 Å². The Balaban J connectivity index is 2.49. The van der Waals surface area contributed by atoms with Gasteiger partial charge in [0.2, 0.25) is 0 Å². The van der Waals surface area contributed by atoms with Crippen LogP contribution in [0.2, 0.25) is 0 Å². The quantitative estimate of drug-likeness (QED) is 0.555. The summed E-state index contributed by atoms with van der Waals surface area (Å²) in [6.07, 6.45) is 1.13. The van der Waals surface area contributed by atoms with Gasteiger partial charge in [0.1, 0.15) is 0 Å². The van der Waals surface area contributed by atoms with Crippen molar-refractivity contribution in [1.29, 1.82) is 0 Å². The SMILES string of the molecule is CN1CCC(=C[B-](F)(F)F)CC1. The summed E-state index contributed by atoms with van der Waals surface area (Å²) in [6.45, 7) is -3.23. The van der Waals surface area contributed by atoms with E-state index in [0.717, 1.165) is 13.1 Å². The van der Waals surface area contributed by atoms with Crippen molar-refractivity contribution in [3.8, 4) is 0 Å². The molecule has 1 heterocycles. The van der Waals surface area contributed by atoms with E-state index in [0.29, 0.717) is 24.4 Å². The van der Waals surface area contributed by atoms with Crippen LogP contribution in [0.15, 0.2) is 11.5 Å². The van der Waals surface area contributed by atoms with Crippen LogP contribution in [0.5, 0.6) is 0 Å². The molecule has 0 saturated carbocycles. The second kappa shape index (κ2) is 3.52. The Kier molecular flexibility index (Phi) is 2.83. The molecule has 5 heteroatoms. The Morgan fingerprint density at radius 3 is 2.17 bits per heavy atom. The molecule has 0 aromatic rings. The first-order chi connectivity index (χ1) is 5.47. The number of hydrogen-bond donors (Lipinski definition) is 0. The lowest BCUT2D eigenvalue weighted by Gasteiger charge is -2.25. The Morgan fingerprint density at radius 2 is 1.75 bits per heavy atom. The van der Waals surface area contributed by atoms with Crippen LogP contribution in [0.3, 0.4) is 0 Å². The molecule has 0 unspecified atom stereocenters. The van der Waals surface area contributed by atoms with Crippen LogP contribution < -0.4 is 0 Å². The van der Waals surface area contributed by atoms with E-state index in [2.05, 4.69) is 0 Å². The average Bonchev–Trinajstić information content (AvgIpc) is 1.91. The van der Waals surface area contributed by atoms with Crippen LogP contribution >= 0.6 is 0 Å². The molecule has 0 aliphatic carbocycles. The summed E-state index contributed by atoms with van der Waals surface area (Å²) < 4.78 is 35.7. The van der Waals surface area contributed by atoms with Crippen molar-refractivity contribution in [3.05, 3.63) is 11.5 Å². The fourth-order valence-corrected chi connectivity index (χ4v) is 1.34. The van der Waals surface area contributed by atoms with E-state index in [1.165, 1.54) is 0 Å². The highest BCUT2D eigenvalue weighted by atomic mass is 19.4. The Hall–Kier alpha value is -0.445. The van der Waals surface area contributed by atoms with Crippen molar-refractivity contribution in [2.75, 3.05) is 20.1 Å². The number of nitrogens with zero attached hydrogens (tertiary/aromatic N) is 1. The monoisotopic (exact) mass is 178 g/mol. The molecular formula is C7H12BF3N-. The van der Waals surface area contributed by atoms with Crippen LogP contribution in [0.4, 0.5) is 12.9 Å². The normalized spacial score (nSPS) is 21.2. The molecule has 0 spiro atoms. The first-order valence-corrected chi connectivity index (χ1v) is 4.06. The predicted octanol–water partition coefficient (Wildman–Crippen LogP) is 2.02. The molecule has 1 nitrogen and oxygen atoms in total. The van der Waals surface area contributed by atoms with E-state index >= 15 is 0 Å². The zero-order valence-corrected chi connectivity index (χ0v) is 7.06. The molecule has 1 fully saturated rings. The number of likely N-dealkylation sites (tertiary alicyclic amines) is 1. The summed E-state index contributed by atoms with van der Waals surface area (Å²) in [7, 11) is 1.93. The van der Waals surface area contributed by atoms with Gasteiger partial charge in [0.15, 0.2) is 0 Å². The van der Waals surface area contributed by atoms with Crippen LogP contribution in [0.1, 0.15) is 12.8 Å². The van der Waals surface area contributed by atoms with Gasteiger partial charge in [-0.1, -0.05) is 0 Å². The zero-order valence-electron chi connectivity index (χ0n) is 7.06. The van der Waals surface area contributed by atoms with E-state index in [9.17, 15) is 12.9 Å². The molecule has 1 saturated heterocycles. The minimum absolute atomic E-state index is 0.507. The van der Waals surface area contributed by atoms with Gasteiger partial charge in [0.05, 0.1) is 0 Å². The van der Waals surface area contributed by atoms with Crippen LogP contribution in [-0.4, -0.2) is 32.0 Å². The van der Waals surface area contributed by atoms with Crippen LogP contribution in [0.25, 0.3) is 0 Å². The molecule has 1 aliphatic heterocycles. The maximum atomic E-state index is 11.9. The standard InChI is InChI=1S/C7H12BF3N/c1-12-4-2-7(3-5-12)6-8(9,10)11/h6H,2-5H2,1H3/q-1. The molecule has 0 atom stereocenters. The highest BCUT2D eigenvalue weighted by Gasteiger charge is 2.21. The first kappa shape index (κ1) is 9.64. The van der Waals surface area contributed by atoms with E-state index in [1.807, 2.05) is 11.9 Å². The van der Waals surface area contributed by atoms with Crippen molar-refractivity contribution in [1.82, 2.24) is 4.90 Å². The molecule has 12 heavy (non-hydrogen) atoms. The molecule has 1 aliphatic rings. The molecule has 0 aromatic heterocycles. The lowest BCUT2D eigenvalue weighted by atomic mass is 9.85. The summed E-state index contributed by atoms with van der Waals surface area (Å²) in [4.78, 5) is 2.04. The van der Waals surface area contributed by atoms with Crippen LogP contribution in [0, 0.1) is 0 Å². The zero-order chi connectivity index (χ0) is 9.19. The van der Waals surface area contributed by atoms with Crippen molar-refractivity contribution in [2.24, 2.45) is 0 Å². The van der Waals surface area contributed by atoms with E-state index in [-0.39, 0.29) is 0 Å². The fourth-order valence-electron chi connectivity index (χ4n) is 1.34. The molecule has 0 amide bonds. The third-order valence-electron chi connectivity index (χ3n) is 2.05. The van der Waals surface area contributed by atoms with Crippen molar-refractivity contribution >= 4 is 6.98 Å². The molecule has 0 bridgehead atoms. The van der Waals surface area contributed by atoms with Gasteiger partial charge in [-0.2, -0.15) is 0 Å². The minimum Gasteiger partial charge on any atom is -0.445 e. The van der Waals surface area contributed by atoms with Crippen molar-refractivity contribution in [2.45, 2.75) is 12.8 Å². The molecule has 0 N–H and O–H groups in total. The Morgan fingerprint density at radius 1 is 1.25 bits per heavy atom. The number of piperidine rings is 1. The number of halogens is 3. The third kappa shape index (κ3) is 3.30. The fraction of sp³-hybridized carbons (Fsp3) is 0.714. The molecular weight excluding hydrogens is 166 g/mol. The predicted molar refractivity (Wildman–Crippen MR) is 43.9 cm³/mol. The summed E-state index contributed by atoms with van der Waals surface area (Å²) in [5.41, 5.74) is 0.556. The van der Waals surface area contributed by atoms with Gasteiger partial charge in [-0.3, -0.25) is 0 Å². The maximum absolute atomic E-state index is 11.9. The topological polar surface area (TPSA) is 3.24 Å². The molecule has 70 valence electrons. The van der Waals surface area contributed by atoms with Gasteiger partial charge < -0.3 is 17.8 Å². The lowest BCUT2D eigenvalue weighted by Crippen LogP contribution is -2.27. The van der Waals surface area contributed by atoms with Gasteiger partial charge >= 0.3 is 6.98 Å². The highest BCUT2D eigenvalue weighted by Crippen LogP contribution is 2.20. The first-order valence-electron chi connectivity index (χ1n) is 4.06. The van der Waals surface area contributed by atoms with Gasteiger partial charge in [0.25, 0.3) is 0 Å². The smallest absolute Gasteiger partial charge is 0.445 e. The van der Waals surface area contributed by atoms with E-state index in [4.69, 9.17) is 0 Å². The minimum atomic E-state index is -4.72. The number of hydrogen-bond acceptors (Lipinski definition) is 1. The summed E-state index contributed by atoms with van der Waals surface area (Å²) in [6, 6.07) is 0. The van der Waals surface area contributed by atoms with Gasteiger partial charge in [-0.05, 0) is 19.9 Å². The summed E-state index contributed by atoms with van der Waals surface area (Å²) in [5, 5.41) is 0. The third-order valence-corrected chi connectivity index (χ3v) is 2.05. The Labute approximate surface area is 70.3 Å². The van der Waals surface area contributed by atoms with Gasteiger partial charge in [-0.15, -0.1) is 11.5 Å². The maximum Gasteiger partial charge on any atom is 0.502 e. The van der Waals surface area contributed by atoms with Gasteiger partial charge in [-0.25, -0.2) is 0 Å². The second-order valence-electron chi connectivity index (χ2n) is 3.25. The summed E-state index contributed by atoms with van der Waals surface area (Å²) in [5.74, 6) is 0.507. The van der Waals surface area contributed by atoms with Gasteiger partial charge in [0, 0.05) is 13.1 Å². The van der Waals surface area contributed by atoms with E-state index < -0.39 is 6.98 Å². The highest BCUT2D eigenvalue weighted by molar-refractivity contribution is 6.64. The molecule has 0 aromatic carbocycles. The molecule has 1 rings (SSSR count).